The molecule has 12 heteroatoms. The van der Waals surface area contributed by atoms with Gasteiger partial charge in [-0.2, -0.15) is 0 Å². The second-order valence-electron chi connectivity index (χ2n) is 7.54. The summed E-state index contributed by atoms with van der Waals surface area (Å²) in [6.07, 6.45) is 3.06. The highest BCUT2D eigenvalue weighted by atomic mass is 32.1. The first-order chi connectivity index (χ1) is 15.5. The maximum absolute atomic E-state index is 12.6. The molecule has 0 saturated carbocycles. The summed E-state index contributed by atoms with van der Waals surface area (Å²) in [5, 5.41) is 10.9. The molecule has 180 valence electrons. The van der Waals surface area contributed by atoms with Gasteiger partial charge in [0.1, 0.15) is 12.6 Å². The van der Waals surface area contributed by atoms with E-state index in [1.807, 2.05) is 6.92 Å². The molecule has 1 aliphatic rings. The first-order valence-corrected chi connectivity index (χ1v) is 11.7. The second kappa shape index (κ2) is 14.6. The summed E-state index contributed by atoms with van der Waals surface area (Å²) < 4.78 is 10.5. The van der Waals surface area contributed by atoms with Crippen molar-refractivity contribution in [2.45, 2.75) is 44.9 Å². The molecular weight excluding hydrogens is 436 g/mol. The number of carbonyl (C=O) groups is 3. The Morgan fingerprint density at radius 2 is 2.03 bits per heavy atom. The van der Waals surface area contributed by atoms with E-state index in [0.29, 0.717) is 45.6 Å². The third kappa shape index (κ3) is 10.2. The average molecular weight is 471 g/mol. The predicted octanol–water partition coefficient (Wildman–Crippen LogP) is 0.674. The fourth-order valence-corrected chi connectivity index (χ4v) is 3.65. The Labute approximate surface area is 192 Å². The van der Waals surface area contributed by atoms with Crippen LogP contribution in [0.4, 0.5) is 9.59 Å². The third-order valence-corrected chi connectivity index (χ3v) is 5.75. The predicted molar refractivity (Wildman–Crippen MR) is 120 cm³/mol. The quantitative estimate of drug-likeness (QED) is 0.330. The number of nitrogens with one attached hydrogen (secondary N) is 4. The molecule has 32 heavy (non-hydrogen) atoms. The number of ether oxygens (including phenoxy) is 2. The lowest BCUT2D eigenvalue weighted by atomic mass is 10.1. The summed E-state index contributed by atoms with van der Waals surface area (Å²) in [6, 6.07) is -1.10. The van der Waals surface area contributed by atoms with Gasteiger partial charge in [0.2, 0.25) is 5.91 Å². The number of hydrogen-bond donors (Lipinski definition) is 4. The van der Waals surface area contributed by atoms with E-state index in [1.165, 1.54) is 18.4 Å². The van der Waals surface area contributed by atoms with Gasteiger partial charge in [0.15, 0.2) is 0 Å². The van der Waals surface area contributed by atoms with Crippen molar-refractivity contribution >= 4 is 29.4 Å². The van der Waals surface area contributed by atoms with Crippen molar-refractivity contribution in [3.63, 3.8) is 0 Å². The van der Waals surface area contributed by atoms with Gasteiger partial charge >= 0.3 is 12.1 Å². The number of nitrogens with zero attached hydrogens (tertiary/aromatic N) is 2. The number of hydrogen-bond acceptors (Lipinski definition) is 8. The van der Waals surface area contributed by atoms with Gasteiger partial charge in [0.25, 0.3) is 0 Å². The maximum Gasteiger partial charge on any atom is 0.407 e. The Morgan fingerprint density at radius 3 is 2.72 bits per heavy atom. The molecule has 2 atom stereocenters. The van der Waals surface area contributed by atoms with Crippen LogP contribution in [0, 0.1) is 0 Å². The zero-order valence-electron chi connectivity index (χ0n) is 18.7. The lowest BCUT2D eigenvalue weighted by Crippen LogP contribution is -2.51. The van der Waals surface area contributed by atoms with Crippen molar-refractivity contribution in [1.82, 2.24) is 31.2 Å². The van der Waals surface area contributed by atoms with Crippen LogP contribution in [-0.4, -0.2) is 86.4 Å². The molecule has 0 radical (unpaired) electrons. The van der Waals surface area contributed by atoms with E-state index in [2.05, 4.69) is 31.2 Å². The summed E-state index contributed by atoms with van der Waals surface area (Å²) in [6.45, 7) is 6.25. The summed E-state index contributed by atoms with van der Waals surface area (Å²) in [5.41, 5.74) is 1.69. The molecule has 0 spiro atoms. The van der Waals surface area contributed by atoms with Gasteiger partial charge in [-0.1, -0.05) is 0 Å². The average Bonchev–Trinajstić information content (AvgIpc) is 3.32. The maximum atomic E-state index is 12.6. The Kier molecular flexibility index (Phi) is 11.8. The van der Waals surface area contributed by atoms with E-state index in [0.717, 1.165) is 18.0 Å². The van der Waals surface area contributed by atoms with Crippen LogP contribution in [0.3, 0.4) is 0 Å². The molecule has 11 nitrogen and oxygen atoms in total. The zero-order valence-corrected chi connectivity index (χ0v) is 19.5. The lowest BCUT2D eigenvalue weighted by Gasteiger charge is -2.28. The van der Waals surface area contributed by atoms with E-state index in [9.17, 15) is 14.4 Å². The van der Waals surface area contributed by atoms with Crippen molar-refractivity contribution in [3.05, 3.63) is 16.6 Å². The molecule has 1 saturated heterocycles. The highest BCUT2D eigenvalue weighted by molar-refractivity contribution is 7.09. The van der Waals surface area contributed by atoms with E-state index >= 15 is 0 Å². The summed E-state index contributed by atoms with van der Waals surface area (Å²) in [7, 11) is 1.52. The molecule has 1 aliphatic heterocycles. The van der Waals surface area contributed by atoms with Crippen molar-refractivity contribution in [3.8, 4) is 0 Å². The molecule has 0 aromatic carbocycles. The molecule has 0 unspecified atom stereocenters. The number of carbonyl (C=O) groups excluding carboxylic acids is 3. The molecule has 1 fully saturated rings. The number of morpholine rings is 1. The van der Waals surface area contributed by atoms with Gasteiger partial charge in [-0.3, -0.25) is 14.7 Å². The van der Waals surface area contributed by atoms with Crippen LogP contribution >= 0.6 is 11.3 Å². The zero-order chi connectivity index (χ0) is 23.2. The number of urea groups is 1. The number of rotatable bonds is 12. The Hall–Kier alpha value is -2.44. The van der Waals surface area contributed by atoms with Gasteiger partial charge < -0.3 is 30.7 Å². The number of thiazole rings is 1. The minimum absolute atomic E-state index is 0.0954. The third-order valence-electron chi connectivity index (χ3n) is 4.99. The fraction of sp³-hybridized carbons (Fsp3) is 0.700. The molecule has 4 amide bonds. The standard InChI is InChI=1S/C20H34N6O5S/c1-15(24-20(29)31-13-16-12-22-14-32-16)4-3-6-23-18(27)17(25-19(28)21-2)5-7-26-8-10-30-11-9-26/h12,14-15,17H,3-11,13H2,1-2H3,(H,23,27)(H,24,29)(H2,21,25,28)/t15-,17-/m0/s1. The fourth-order valence-electron chi connectivity index (χ4n) is 3.14. The largest absolute Gasteiger partial charge is 0.444 e. The van der Waals surface area contributed by atoms with E-state index in [4.69, 9.17) is 9.47 Å². The Morgan fingerprint density at radius 1 is 1.25 bits per heavy atom. The normalized spacial score (nSPS) is 15.9. The number of aromatic nitrogens is 1. The molecule has 1 aromatic heterocycles. The number of alkyl carbamates (subject to hydrolysis) is 1. The topological polar surface area (TPSA) is 134 Å². The van der Waals surface area contributed by atoms with Gasteiger partial charge in [0, 0.05) is 45.5 Å². The van der Waals surface area contributed by atoms with Gasteiger partial charge in [0.05, 0.1) is 23.6 Å². The molecule has 0 aliphatic carbocycles. The highest BCUT2D eigenvalue weighted by Gasteiger charge is 2.22. The van der Waals surface area contributed by atoms with Crippen molar-refractivity contribution < 1.29 is 23.9 Å². The number of amides is 4. The molecule has 2 rings (SSSR count). The van der Waals surface area contributed by atoms with Crippen LogP contribution in [0.2, 0.25) is 0 Å². The Balaban J connectivity index is 1.64. The van der Waals surface area contributed by atoms with Crippen molar-refractivity contribution in [2.24, 2.45) is 0 Å². The van der Waals surface area contributed by atoms with E-state index < -0.39 is 12.1 Å². The van der Waals surface area contributed by atoms with Crippen LogP contribution in [0.25, 0.3) is 0 Å². The van der Waals surface area contributed by atoms with Crippen LogP contribution in [0.15, 0.2) is 11.7 Å². The molecular formula is C20H34N6O5S. The minimum atomic E-state index is -0.616. The Bertz CT molecular complexity index is 699. The van der Waals surface area contributed by atoms with Gasteiger partial charge in [-0.15, -0.1) is 11.3 Å². The second-order valence-corrected chi connectivity index (χ2v) is 8.51. The van der Waals surface area contributed by atoms with Crippen LogP contribution in [-0.2, 0) is 20.9 Å². The molecule has 1 aromatic rings. The molecule has 0 bridgehead atoms. The van der Waals surface area contributed by atoms with Crippen molar-refractivity contribution in [1.29, 1.82) is 0 Å². The first kappa shape index (κ1) is 25.8. The summed E-state index contributed by atoms with van der Waals surface area (Å²) in [5.74, 6) is -0.216. The van der Waals surface area contributed by atoms with E-state index in [1.54, 1.807) is 11.7 Å². The SMILES string of the molecule is CNC(=O)N[C@@H](CCN1CCOCC1)C(=O)NCCC[C@H](C)NC(=O)OCc1cncs1. The van der Waals surface area contributed by atoms with Crippen LogP contribution in [0.5, 0.6) is 0 Å². The molecule has 4 N–H and O–H groups in total. The monoisotopic (exact) mass is 470 g/mol. The highest BCUT2D eigenvalue weighted by Crippen LogP contribution is 2.07. The van der Waals surface area contributed by atoms with Crippen LogP contribution < -0.4 is 21.3 Å². The van der Waals surface area contributed by atoms with Crippen LogP contribution in [0.1, 0.15) is 31.1 Å². The molecule has 2 heterocycles. The summed E-state index contributed by atoms with van der Waals surface area (Å²) >= 11 is 1.43. The van der Waals surface area contributed by atoms with E-state index in [-0.39, 0.29) is 24.6 Å². The smallest absolute Gasteiger partial charge is 0.407 e. The van der Waals surface area contributed by atoms with Gasteiger partial charge in [-0.25, -0.2) is 9.59 Å². The van der Waals surface area contributed by atoms with Crippen molar-refractivity contribution in [2.75, 3.05) is 46.4 Å². The minimum Gasteiger partial charge on any atom is -0.444 e. The van der Waals surface area contributed by atoms with Gasteiger partial charge in [-0.05, 0) is 26.2 Å². The summed E-state index contributed by atoms with van der Waals surface area (Å²) in [4.78, 5) is 43.2. The lowest BCUT2D eigenvalue weighted by molar-refractivity contribution is -0.123. The first-order valence-electron chi connectivity index (χ1n) is 10.8.